The van der Waals surface area contributed by atoms with Crippen LogP contribution in [0.15, 0.2) is 72.8 Å². The van der Waals surface area contributed by atoms with Crippen LogP contribution in [0.2, 0.25) is 0 Å². The zero-order chi connectivity index (χ0) is 22.0. The number of imidazole rings is 1. The maximum Gasteiger partial charge on any atom is 0.295 e. The largest absolute Gasteiger partial charge is 0.507 e. The first-order valence-corrected chi connectivity index (χ1v) is 10.0. The van der Waals surface area contributed by atoms with E-state index >= 15 is 0 Å². The molecule has 1 aliphatic rings. The number of rotatable bonds is 6. The Morgan fingerprint density at radius 3 is 2.52 bits per heavy atom. The second kappa shape index (κ2) is 8.55. The fourth-order valence-corrected chi connectivity index (χ4v) is 3.84. The van der Waals surface area contributed by atoms with Crippen molar-refractivity contribution in [3.05, 3.63) is 95.3 Å². The van der Waals surface area contributed by atoms with Gasteiger partial charge in [0.2, 0.25) is 0 Å². The molecule has 1 aromatic heterocycles. The summed E-state index contributed by atoms with van der Waals surface area (Å²) < 4.78 is 16.6. The van der Waals surface area contributed by atoms with Crippen LogP contribution in [0.5, 0.6) is 0 Å². The minimum absolute atomic E-state index is 0.0958. The van der Waals surface area contributed by atoms with E-state index in [0.29, 0.717) is 18.5 Å². The molecule has 0 saturated carbocycles. The maximum absolute atomic E-state index is 14.7. The predicted molar refractivity (Wildman–Crippen MR) is 113 cm³/mol. The molecular weight excluding hydrogens is 397 g/mol. The molecule has 1 fully saturated rings. The first kappa shape index (κ1) is 20.5. The van der Waals surface area contributed by atoms with Crippen LogP contribution in [-0.4, -0.2) is 37.8 Å². The van der Waals surface area contributed by atoms with Gasteiger partial charge in [-0.1, -0.05) is 48.0 Å². The highest BCUT2D eigenvalue weighted by atomic mass is 19.1. The molecule has 1 atom stereocenters. The summed E-state index contributed by atoms with van der Waals surface area (Å²) in [5, 5.41) is 11.0. The Labute approximate surface area is 179 Å². The van der Waals surface area contributed by atoms with E-state index in [9.17, 15) is 19.1 Å². The number of amides is 1. The molecule has 0 spiro atoms. The summed E-state index contributed by atoms with van der Waals surface area (Å²) in [6, 6.07) is 12.0. The number of aryl methyl sites for hydroxylation is 2. The van der Waals surface area contributed by atoms with Gasteiger partial charge in [0.1, 0.15) is 11.6 Å². The van der Waals surface area contributed by atoms with Crippen LogP contribution in [0, 0.1) is 12.7 Å². The minimum atomic E-state index is -0.995. The van der Waals surface area contributed by atoms with Gasteiger partial charge in [-0.2, -0.15) is 0 Å². The lowest BCUT2D eigenvalue weighted by molar-refractivity contribution is -0.140. The van der Waals surface area contributed by atoms with Crippen molar-refractivity contribution in [1.29, 1.82) is 0 Å². The summed E-state index contributed by atoms with van der Waals surface area (Å²) in [5.41, 5.74) is 1.48. The number of aromatic nitrogens is 2. The lowest BCUT2D eigenvalue weighted by Crippen LogP contribution is -2.31. The lowest BCUT2D eigenvalue weighted by Gasteiger charge is -2.25. The number of halogens is 1. The molecule has 0 unspecified atom stereocenters. The van der Waals surface area contributed by atoms with E-state index in [4.69, 9.17) is 0 Å². The van der Waals surface area contributed by atoms with Crippen molar-refractivity contribution in [3.8, 4) is 0 Å². The van der Waals surface area contributed by atoms with Crippen LogP contribution in [0.3, 0.4) is 0 Å². The van der Waals surface area contributed by atoms with Gasteiger partial charge in [-0.25, -0.2) is 9.37 Å². The van der Waals surface area contributed by atoms with E-state index in [1.807, 2.05) is 11.5 Å². The SMILES string of the molecule is Cc1ccc(C(O)=C2C(=O)C(=O)N(CCCn3ccnc3)[C@@H]2c2ccccc2F)cc1. The Hall–Kier alpha value is -3.74. The Morgan fingerprint density at radius 1 is 1.10 bits per heavy atom. The first-order chi connectivity index (χ1) is 15.0. The summed E-state index contributed by atoms with van der Waals surface area (Å²) in [6.07, 6.45) is 5.67. The zero-order valence-electron chi connectivity index (χ0n) is 17.0. The Kier molecular flexibility index (Phi) is 5.66. The van der Waals surface area contributed by atoms with Gasteiger partial charge in [0.15, 0.2) is 0 Å². The van der Waals surface area contributed by atoms with Crippen molar-refractivity contribution < 1.29 is 19.1 Å². The summed E-state index contributed by atoms with van der Waals surface area (Å²) in [5.74, 6) is -2.39. The molecule has 2 heterocycles. The van der Waals surface area contributed by atoms with Crippen LogP contribution in [0.4, 0.5) is 4.39 Å². The molecule has 1 N–H and O–H groups in total. The highest BCUT2D eigenvalue weighted by molar-refractivity contribution is 6.46. The highest BCUT2D eigenvalue weighted by Gasteiger charge is 2.46. The van der Waals surface area contributed by atoms with Crippen molar-refractivity contribution in [2.45, 2.75) is 25.9 Å². The molecular formula is C24H22FN3O3. The normalized spacial score (nSPS) is 18.0. The van der Waals surface area contributed by atoms with Gasteiger partial charge in [-0.15, -0.1) is 0 Å². The van der Waals surface area contributed by atoms with Crippen molar-refractivity contribution in [1.82, 2.24) is 14.5 Å². The van der Waals surface area contributed by atoms with Gasteiger partial charge in [0, 0.05) is 36.6 Å². The number of benzene rings is 2. The molecule has 0 radical (unpaired) electrons. The first-order valence-electron chi connectivity index (χ1n) is 10.0. The standard InChI is InChI=1S/C24H22FN3O3/c1-16-7-9-17(10-8-16)22(29)20-21(18-5-2-3-6-19(18)25)28(24(31)23(20)30)13-4-12-27-14-11-26-15-27/h2-3,5-11,14-15,21,29H,4,12-13H2,1H3/t21-/m1/s1. The van der Waals surface area contributed by atoms with Gasteiger partial charge in [0.25, 0.3) is 11.7 Å². The Balaban J connectivity index is 1.75. The number of carbonyl (C=O) groups excluding carboxylic acids is 2. The van der Waals surface area contributed by atoms with E-state index in [2.05, 4.69) is 4.98 Å². The van der Waals surface area contributed by atoms with E-state index in [1.54, 1.807) is 55.1 Å². The molecule has 2 aromatic carbocycles. The van der Waals surface area contributed by atoms with E-state index in [1.165, 1.54) is 17.0 Å². The molecule has 1 saturated heterocycles. The van der Waals surface area contributed by atoms with Gasteiger partial charge in [-0.3, -0.25) is 9.59 Å². The van der Waals surface area contributed by atoms with Gasteiger partial charge < -0.3 is 14.6 Å². The summed E-state index contributed by atoms with van der Waals surface area (Å²) in [4.78, 5) is 31.2. The summed E-state index contributed by atoms with van der Waals surface area (Å²) in [6.45, 7) is 2.72. The molecule has 31 heavy (non-hydrogen) atoms. The quantitative estimate of drug-likeness (QED) is 0.374. The third-order valence-corrected chi connectivity index (χ3v) is 5.44. The number of Topliss-reactive ketones (excluding diaryl/α,β-unsaturated/α-hetero) is 1. The minimum Gasteiger partial charge on any atom is -0.507 e. The third kappa shape index (κ3) is 3.99. The number of aliphatic hydroxyl groups is 1. The molecule has 158 valence electrons. The van der Waals surface area contributed by atoms with Crippen molar-refractivity contribution in [2.75, 3.05) is 6.54 Å². The molecule has 1 amide bonds. The number of hydrogen-bond donors (Lipinski definition) is 1. The van der Waals surface area contributed by atoms with Crippen LogP contribution < -0.4 is 0 Å². The second-order valence-electron chi connectivity index (χ2n) is 7.53. The molecule has 7 heteroatoms. The van der Waals surface area contributed by atoms with Gasteiger partial charge in [0.05, 0.1) is 17.9 Å². The molecule has 1 aliphatic heterocycles. The fourth-order valence-electron chi connectivity index (χ4n) is 3.84. The highest BCUT2D eigenvalue weighted by Crippen LogP contribution is 2.40. The van der Waals surface area contributed by atoms with Crippen LogP contribution in [0.1, 0.15) is 29.2 Å². The Morgan fingerprint density at radius 2 is 1.84 bits per heavy atom. The average Bonchev–Trinajstić information content (AvgIpc) is 3.36. The van der Waals surface area contributed by atoms with Crippen molar-refractivity contribution in [2.24, 2.45) is 0 Å². The van der Waals surface area contributed by atoms with E-state index in [-0.39, 0.29) is 23.4 Å². The topological polar surface area (TPSA) is 75.4 Å². The summed E-state index contributed by atoms with van der Waals surface area (Å²) >= 11 is 0. The fraction of sp³-hybridized carbons (Fsp3) is 0.208. The second-order valence-corrected chi connectivity index (χ2v) is 7.53. The smallest absolute Gasteiger partial charge is 0.295 e. The average molecular weight is 419 g/mol. The van der Waals surface area contributed by atoms with E-state index in [0.717, 1.165) is 5.56 Å². The predicted octanol–water partition coefficient (Wildman–Crippen LogP) is 3.84. The lowest BCUT2D eigenvalue weighted by atomic mass is 9.94. The molecule has 0 bridgehead atoms. The molecule has 0 aliphatic carbocycles. The number of likely N-dealkylation sites (tertiary alicyclic amines) is 1. The Bertz CT molecular complexity index is 1140. The van der Waals surface area contributed by atoms with Crippen molar-refractivity contribution >= 4 is 17.4 Å². The number of aliphatic hydroxyl groups excluding tert-OH is 1. The van der Waals surface area contributed by atoms with Gasteiger partial charge >= 0.3 is 0 Å². The number of nitrogens with zero attached hydrogens (tertiary/aromatic N) is 3. The number of hydrogen-bond acceptors (Lipinski definition) is 4. The van der Waals surface area contributed by atoms with Crippen molar-refractivity contribution in [3.63, 3.8) is 0 Å². The molecule has 6 nitrogen and oxygen atoms in total. The van der Waals surface area contributed by atoms with Crippen LogP contribution >= 0.6 is 0 Å². The van der Waals surface area contributed by atoms with Gasteiger partial charge in [-0.05, 0) is 19.4 Å². The van der Waals surface area contributed by atoms with Crippen LogP contribution in [0.25, 0.3) is 5.76 Å². The van der Waals surface area contributed by atoms with E-state index < -0.39 is 23.5 Å². The number of carbonyl (C=O) groups is 2. The molecule has 4 rings (SSSR count). The molecule has 3 aromatic rings. The summed E-state index contributed by atoms with van der Waals surface area (Å²) in [7, 11) is 0. The zero-order valence-corrected chi connectivity index (χ0v) is 17.0. The number of ketones is 1. The monoisotopic (exact) mass is 419 g/mol. The maximum atomic E-state index is 14.7. The third-order valence-electron chi connectivity index (χ3n) is 5.44. The van der Waals surface area contributed by atoms with Crippen LogP contribution in [-0.2, 0) is 16.1 Å².